The number of amides is 1. The van der Waals surface area contributed by atoms with Gasteiger partial charge in [-0.3, -0.25) is 9.69 Å². The first kappa shape index (κ1) is 17.1. The molecule has 0 saturated carbocycles. The van der Waals surface area contributed by atoms with Crippen molar-refractivity contribution in [3.05, 3.63) is 51.0 Å². The highest BCUT2D eigenvalue weighted by Gasteiger charge is 2.18. The van der Waals surface area contributed by atoms with Crippen molar-refractivity contribution < 1.29 is 9.53 Å². The summed E-state index contributed by atoms with van der Waals surface area (Å²) in [6, 6.07) is 8.09. The van der Waals surface area contributed by atoms with E-state index in [1.807, 2.05) is 25.1 Å². The van der Waals surface area contributed by atoms with Gasteiger partial charge in [-0.25, -0.2) is 4.98 Å². The number of carbonyl (C=O) groups is 1. The minimum absolute atomic E-state index is 0.0403. The fourth-order valence-electron chi connectivity index (χ4n) is 2.75. The van der Waals surface area contributed by atoms with Crippen LogP contribution in [0.4, 0.5) is 0 Å². The van der Waals surface area contributed by atoms with Crippen LogP contribution in [0.1, 0.15) is 31.5 Å². The molecule has 0 bridgehead atoms. The third-order valence-electron chi connectivity index (χ3n) is 4.21. The van der Waals surface area contributed by atoms with Crippen LogP contribution in [0.5, 0.6) is 0 Å². The van der Waals surface area contributed by atoms with Crippen molar-refractivity contribution in [1.82, 2.24) is 15.2 Å². The highest BCUT2D eigenvalue weighted by atomic mass is 32.1. The van der Waals surface area contributed by atoms with Crippen molar-refractivity contribution in [2.75, 3.05) is 26.3 Å². The fourth-order valence-corrected chi connectivity index (χ4v) is 3.77. The highest BCUT2D eigenvalue weighted by Crippen LogP contribution is 2.20. The van der Waals surface area contributed by atoms with E-state index in [1.54, 1.807) is 0 Å². The number of ether oxygens (including phenoxy) is 1. The Morgan fingerprint density at radius 3 is 2.79 bits per heavy atom. The lowest BCUT2D eigenvalue weighted by atomic mass is 10.1. The molecule has 1 saturated heterocycles. The van der Waals surface area contributed by atoms with Gasteiger partial charge in [0, 0.05) is 19.6 Å². The number of hydrogen-bond donors (Lipinski definition) is 1. The normalized spacial score (nSPS) is 15.4. The molecule has 0 radical (unpaired) electrons. The molecule has 1 aromatic carbocycles. The highest BCUT2D eigenvalue weighted by molar-refractivity contribution is 7.13. The smallest absolute Gasteiger partial charge is 0.263 e. The van der Waals surface area contributed by atoms with Gasteiger partial charge >= 0.3 is 0 Å². The second kappa shape index (κ2) is 7.88. The minimum Gasteiger partial charge on any atom is -0.379 e. The van der Waals surface area contributed by atoms with Crippen molar-refractivity contribution in [1.29, 1.82) is 0 Å². The van der Waals surface area contributed by atoms with E-state index in [2.05, 4.69) is 28.2 Å². The summed E-state index contributed by atoms with van der Waals surface area (Å²) in [7, 11) is 0. The maximum atomic E-state index is 12.5. The number of thiazole rings is 1. The van der Waals surface area contributed by atoms with Crippen LogP contribution in [0, 0.1) is 13.8 Å². The van der Waals surface area contributed by atoms with Gasteiger partial charge in [-0.05, 0) is 25.0 Å². The molecule has 0 unspecified atom stereocenters. The van der Waals surface area contributed by atoms with Crippen LogP contribution in [0.25, 0.3) is 0 Å². The zero-order chi connectivity index (χ0) is 16.9. The SMILES string of the molecule is Cc1ccccc1CNC(=O)c1sc(CN2CCOCC2)nc1C. The molecule has 6 heteroatoms. The summed E-state index contributed by atoms with van der Waals surface area (Å²) in [5.74, 6) is -0.0403. The Bertz CT molecular complexity index is 708. The van der Waals surface area contributed by atoms with Crippen LogP contribution < -0.4 is 5.32 Å². The standard InChI is InChI=1S/C18H23N3O2S/c1-13-5-3-4-6-15(13)11-19-18(22)17-14(2)20-16(24-17)12-21-7-9-23-10-8-21/h3-6H,7-12H2,1-2H3,(H,19,22). The molecular formula is C18H23N3O2S. The molecule has 1 aromatic heterocycles. The van der Waals surface area contributed by atoms with Gasteiger partial charge in [0.15, 0.2) is 0 Å². The van der Waals surface area contributed by atoms with Crippen LogP contribution in [0.3, 0.4) is 0 Å². The first-order chi connectivity index (χ1) is 11.6. The number of nitrogens with zero attached hydrogens (tertiary/aromatic N) is 2. The van der Waals surface area contributed by atoms with Gasteiger partial charge in [0.1, 0.15) is 9.88 Å². The lowest BCUT2D eigenvalue weighted by Gasteiger charge is -2.25. The molecule has 2 aromatic rings. The summed E-state index contributed by atoms with van der Waals surface area (Å²) >= 11 is 1.49. The molecule has 1 aliphatic heterocycles. The molecule has 1 fully saturated rings. The molecule has 1 amide bonds. The summed E-state index contributed by atoms with van der Waals surface area (Å²) in [5.41, 5.74) is 3.14. The Morgan fingerprint density at radius 1 is 1.29 bits per heavy atom. The van der Waals surface area contributed by atoms with E-state index in [0.717, 1.165) is 49.1 Å². The van der Waals surface area contributed by atoms with Gasteiger partial charge in [0.2, 0.25) is 0 Å². The summed E-state index contributed by atoms with van der Waals surface area (Å²) in [5, 5.41) is 4.01. The lowest BCUT2D eigenvalue weighted by molar-refractivity contribution is 0.0341. The van der Waals surface area contributed by atoms with Gasteiger partial charge in [-0.2, -0.15) is 0 Å². The maximum absolute atomic E-state index is 12.5. The number of aromatic nitrogens is 1. The Balaban J connectivity index is 1.61. The monoisotopic (exact) mass is 345 g/mol. The Labute approximate surface area is 146 Å². The number of rotatable bonds is 5. The van der Waals surface area contributed by atoms with E-state index in [4.69, 9.17) is 4.74 Å². The average Bonchev–Trinajstić information content (AvgIpc) is 2.95. The molecule has 3 rings (SSSR count). The molecule has 1 N–H and O–H groups in total. The van der Waals surface area contributed by atoms with Crippen molar-refractivity contribution in [3.63, 3.8) is 0 Å². The summed E-state index contributed by atoms with van der Waals surface area (Å²) in [6.45, 7) is 8.69. The first-order valence-electron chi connectivity index (χ1n) is 8.22. The van der Waals surface area contributed by atoms with Crippen LogP contribution in [-0.2, 0) is 17.8 Å². The maximum Gasteiger partial charge on any atom is 0.263 e. The average molecular weight is 345 g/mol. The van der Waals surface area contributed by atoms with E-state index in [1.165, 1.54) is 16.9 Å². The minimum atomic E-state index is -0.0403. The predicted octanol–water partition coefficient (Wildman–Crippen LogP) is 2.52. The molecule has 5 nitrogen and oxygen atoms in total. The third kappa shape index (κ3) is 4.20. The van der Waals surface area contributed by atoms with Crippen LogP contribution in [0.2, 0.25) is 0 Å². The number of aryl methyl sites for hydroxylation is 2. The van der Waals surface area contributed by atoms with Crippen LogP contribution in [0.15, 0.2) is 24.3 Å². The van der Waals surface area contributed by atoms with Gasteiger partial charge in [0.05, 0.1) is 25.5 Å². The number of carbonyl (C=O) groups excluding carboxylic acids is 1. The van der Waals surface area contributed by atoms with Gasteiger partial charge in [0.25, 0.3) is 5.91 Å². The summed E-state index contributed by atoms with van der Waals surface area (Å²) in [6.07, 6.45) is 0. The number of morpholine rings is 1. The number of nitrogens with one attached hydrogen (secondary N) is 1. The van der Waals surface area contributed by atoms with Gasteiger partial charge in [-0.1, -0.05) is 24.3 Å². The predicted molar refractivity (Wildman–Crippen MR) is 95.3 cm³/mol. The third-order valence-corrected chi connectivity index (χ3v) is 5.35. The molecule has 0 aliphatic carbocycles. The van der Waals surface area contributed by atoms with E-state index < -0.39 is 0 Å². The van der Waals surface area contributed by atoms with Crippen molar-refractivity contribution in [3.8, 4) is 0 Å². The van der Waals surface area contributed by atoms with E-state index in [-0.39, 0.29) is 5.91 Å². The van der Waals surface area contributed by atoms with E-state index in [9.17, 15) is 4.79 Å². The second-order valence-corrected chi connectivity index (χ2v) is 7.10. The first-order valence-corrected chi connectivity index (χ1v) is 9.04. The van der Waals surface area contributed by atoms with E-state index >= 15 is 0 Å². The lowest BCUT2D eigenvalue weighted by Crippen LogP contribution is -2.35. The van der Waals surface area contributed by atoms with Crippen molar-refractivity contribution in [2.45, 2.75) is 26.9 Å². The molecule has 0 atom stereocenters. The molecule has 2 heterocycles. The van der Waals surface area contributed by atoms with Gasteiger partial charge < -0.3 is 10.1 Å². The molecule has 128 valence electrons. The topological polar surface area (TPSA) is 54.5 Å². The van der Waals surface area contributed by atoms with E-state index in [0.29, 0.717) is 11.4 Å². The number of hydrogen-bond acceptors (Lipinski definition) is 5. The quantitative estimate of drug-likeness (QED) is 0.905. The molecular weight excluding hydrogens is 322 g/mol. The summed E-state index contributed by atoms with van der Waals surface area (Å²) < 4.78 is 5.37. The number of benzene rings is 1. The molecule has 24 heavy (non-hydrogen) atoms. The fraction of sp³-hybridized carbons (Fsp3) is 0.444. The van der Waals surface area contributed by atoms with Gasteiger partial charge in [-0.15, -0.1) is 11.3 Å². The zero-order valence-electron chi connectivity index (χ0n) is 14.2. The second-order valence-electron chi connectivity index (χ2n) is 6.02. The van der Waals surface area contributed by atoms with Crippen molar-refractivity contribution >= 4 is 17.2 Å². The Hall–Kier alpha value is -1.76. The Morgan fingerprint density at radius 2 is 2.04 bits per heavy atom. The largest absolute Gasteiger partial charge is 0.379 e. The van der Waals surface area contributed by atoms with Crippen molar-refractivity contribution in [2.24, 2.45) is 0 Å². The molecule has 1 aliphatic rings. The van der Waals surface area contributed by atoms with Crippen LogP contribution >= 0.6 is 11.3 Å². The Kier molecular flexibility index (Phi) is 5.60. The molecule has 0 spiro atoms. The van der Waals surface area contributed by atoms with Crippen LogP contribution in [-0.4, -0.2) is 42.1 Å². The summed E-state index contributed by atoms with van der Waals surface area (Å²) in [4.78, 5) is 20.1. The zero-order valence-corrected chi connectivity index (χ0v) is 15.0.